The van der Waals surface area contributed by atoms with Gasteiger partial charge in [0.1, 0.15) is 12.4 Å². The highest BCUT2D eigenvalue weighted by molar-refractivity contribution is 5.79. The Morgan fingerprint density at radius 1 is 1.22 bits per heavy atom. The van der Waals surface area contributed by atoms with E-state index in [2.05, 4.69) is 66.3 Å². The first-order valence-corrected chi connectivity index (χ1v) is 12.4. The number of rotatable bonds is 10. The molecule has 0 aromatic heterocycles. The summed E-state index contributed by atoms with van der Waals surface area (Å²) in [5, 5.41) is 6.93. The Bertz CT molecular complexity index is 712. The number of nitrogens with one attached hydrogen (secondary N) is 2. The van der Waals surface area contributed by atoms with Gasteiger partial charge in [-0.05, 0) is 51.8 Å². The molecule has 2 aliphatic heterocycles. The van der Waals surface area contributed by atoms with E-state index in [4.69, 9.17) is 14.5 Å². The van der Waals surface area contributed by atoms with Crippen LogP contribution < -0.4 is 15.4 Å². The summed E-state index contributed by atoms with van der Waals surface area (Å²) in [6.07, 6.45) is 2.43. The minimum absolute atomic E-state index is 0.214. The Kier molecular flexibility index (Phi) is 10.1. The summed E-state index contributed by atoms with van der Waals surface area (Å²) in [6, 6.07) is 6.84. The fourth-order valence-electron chi connectivity index (χ4n) is 4.29. The van der Waals surface area contributed by atoms with Crippen molar-refractivity contribution in [3.05, 3.63) is 29.3 Å². The summed E-state index contributed by atoms with van der Waals surface area (Å²) in [5.41, 5.74) is 2.30. The van der Waals surface area contributed by atoms with Gasteiger partial charge in [0.05, 0.1) is 12.6 Å². The van der Waals surface area contributed by atoms with Gasteiger partial charge in [0.25, 0.3) is 0 Å². The molecule has 3 rings (SSSR count). The predicted molar refractivity (Wildman–Crippen MR) is 132 cm³/mol. The highest BCUT2D eigenvalue weighted by Gasteiger charge is 2.20. The van der Waals surface area contributed by atoms with E-state index in [9.17, 15) is 0 Å². The van der Waals surface area contributed by atoms with Crippen LogP contribution in [0.15, 0.2) is 23.2 Å². The Morgan fingerprint density at radius 2 is 2.03 bits per heavy atom. The Labute approximate surface area is 194 Å². The molecule has 0 aliphatic carbocycles. The molecule has 2 aliphatic rings. The second kappa shape index (κ2) is 13.0. The Morgan fingerprint density at radius 3 is 2.72 bits per heavy atom. The zero-order chi connectivity index (χ0) is 22.8. The molecule has 0 saturated carbocycles. The Balaban J connectivity index is 1.54. The fraction of sp³-hybridized carbons (Fsp3) is 0.720. The smallest absolute Gasteiger partial charge is 0.191 e. The number of guanidine groups is 1. The van der Waals surface area contributed by atoms with Gasteiger partial charge in [0.15, 0.2) is 5.96 Å². The molecule has 2 N–H and O–H groups in total. The molecule has 2 atom stereocenters. The third-order valence-electron chi connectivity index (χ3n) is 6.47. The minimum Gasteiger partial charge on any atom is -0.491 e. The molecule has 2 fully saturated rings. The highest BCUT2D eigenvalue weighted by Crippen LogP contribution is 2.23. The van der Waals surface area contributed by atoms with Crippen LogP contribution in [-0.4, -0.2) is 86.9 Å². The lowest BCUT2D eigenvalue weighted by Gasteiger charge is -2.37. The van der Waals surface area contributed by atoms with Crippen LogP contribution in [0.4, 0.5) is 0 Å². The highest BCUT2D eigenvalue weighted by atomic mass is 16.5. The van der Waals surface area contributed by atoms with E-state index >= 15 is 0 Å². The van der Waals surface area contributed by atoms with Crippen molar-refractivity contribution in [1.29, 1.82) is 0 Å². The number of aryl methyl sites for hydroxylation is 1. The molecule has 0 radical (unpaired) electrons. The quantitative estimate of drug-likeness (QED) is 0.427. The molecule has 2 saturated heterocycles. The first-order valence-electron chi connectivity index (χ1n) is 12.4. The van der Waals surface area contributed by atoms with E-state index in [-0.39, 0.29) is 6.10 Å². The van der Waals surface area contributed by atoms with Crippen molar-refractivity contribution in [3.63, 3.8) is 0 Å². The number of hydrogen-bond donors (Lipinski definition) is 2. The van der Waals surface area contributed by atoms with Crippen molar-refractivity contribution in [2.45, 2.75) is 59.2 Å². The van der Waals surface area contributed by atoms with Crippen LogP contribution in [0.2, 0.25) is 0 Å². The van der Waals surface area contributed by atoms with Crippen LogP contribution in [-0.2, 0) is 11.3 Å². The molecule has 2 heterocycles. The lowest BCUT2D eigenvalue weighted by Crippen LogP contribution is -2.53. The van der Waals surface area contributed by atoms with Crippen LogP contribution in [0.25, 0.3) is 0 Å². The molecule has 0 amide bonds. The number of piperazine rings is 1. The van der Waals surface area contributed by atoms with E-state index in [0.29, 0.717) is 19.2 Å². The van der Waals surface area contributed by atoms with Crippen molar-refractivity contribution < 1.29 is 9.47 Å². The van der Waals surface area contributed by atoms with E-state index < -0.39 is 0 Å². The monoisotopic (exact) mass is 445 g/mol. The Hall–Kier alpha value is -1.83. The maximum absolute atomic E-state index is 6.14. The minimum atomic E-state index is 0.214. The number of benzene rings is 1. The third-order valence-corrected chi connectivity index (χ3v) is 6.47. The maximum Gasteiger partial charge on any atom is 0.191 e. The lowest BCUT2D eigenvalue weighted by atomic mass is 10.1. The second-order valence-electron chi connectivity index (χ2n) is 8.95. The maximum atomic E-state index is 6.14. The summed E-state index contributed by atoms with van der Waals surface area (Å²) in [6.45, 7) is 18.3. The number of ether oxygens (including phenoxy) is 2. The van der Waals surface area contributed by atoms with Crippen molar-refractivity contribution in [3.8, 4) is 5.75 Å². The van der Waals surface area contributed by atoms with E-state index in [1.54, 1.807) is 0 Å². The first kappa shape index (κ1) is 24.8. The lowest BCUT2D eigenvalue weighted by molar-refractivity contribution is 0.0676. The topological polar surface area (TPSA) is 61.4 Å². The molecule has 0 bridgehead atoms. The molecular weight excluding hydrogens is 402 g/mol. The van der Waals surface area contributed by atoms with Gasteiger partial charge in [0.2, 0.25) is 0 Å². The van der Waals surface area contributed by atoms with Gasteiger partial charge in [-0.15, -0.1) is 0 Å². The summed E-state index contributed by atoms with van der Waals surface area (Å²) in [4.78, 5) is 9.94. The molecule has 1 aromatic rings. The van der Waals surface area contributed by atoms with Crippen molar-refractivity contribution >= 4 is 5.96 Å². The van der Waals surface area contributed by atoms with Crippen molar-refractivity contribution in [2.24, 2.45) is 4.99 Å². The largest absolute Gasteiger partial charge is 0.491 e. The SMILES string of the molecule is CCNC(=NCc1ccc(C)cc1OCC1CCCO1)NCC(C)N1CCN(CC)CC1. The zero-order valence-corrected chi connectivity index (χ0v) is 20.5. The van der Waals surface area contributed by atoms with Crippen LogP contribution in [0.5, 0.6) is 5.75 Å². The van der Waals surface area contributed by atoms with Crippen molar-refractivity contribution in [2.75, 3.05) is 59.0 Å². The van der Waals surface area contributed by atoms with Gasteiger partial charge in [-0.25, -0.2) is 4.99 Å². The molecule has 2 unspecified atom stereocenters. The van der Waals surface area contributed by atoms with E-state index in [0.717, 1.165) is 82.5 Å². The summed E-state index contributed by atoms with van der Waals surface area (Å²) >= 11 is 0. The first-order chi connectivity index (χ1) is 15.6. The van der Waals surface area contributed by atoms with Crippen LogP contribution in [0.1, 0.15) is 44.7 Å². The third kappa shape index (κ3) is 7.64. The van der Waals surface area contributed by atoms with Crippen LogP contribution in [0.3, 0.4) is 0 Å². The average Bonchev–Trinajstić information content (AvgIpc) is 3.34. The molecule has 1 aromatic carbocycles. The predicted octanol–water partition coefficient (Wildman–Crippen LogP) is 2.63. The number of nitrogens with zero attached hydrogens (tertiary/aromatic N) is 3. The number of hydrogen-bond acceptors (Lipinski definition) is 5. The van der Waals surface area contributed by atoms with Gasteiger partial charge < -0.3 is 25.0 Å². The summed E-state index contributed by atoms with van der Waals surface area (Å²) < 4.78 is 11.9. The number of likely N-dealkylation sites (N-methyl/N-ethyl adjacent to an activating group) is 1. The summed E-state index contributed by atoms with van der Waals surface area (Å²) in [7, 11) is 0. The zero-order valence-electron chi connectivity index (χ0n) is 20.5. The standard InChI is InChI=1S/C25H43N5O2/c1-5-26-25(27-17-21(4)30-13-11-29(6-2)12-14-30)28-18-22-10-9-20(3)16-24(22)32-19-23-8-7-15-31-23/h9-10,16,21,23H,5-8,11-15,17-19H2,1-4H3,(H2,26,27,28). The van der Waals surface area contributed by atoms with Gasteiger partial charge in [-0.2, -0.15) is 0 Å². The molecule has 7 heteroatoms. The van der Waals surface area contributed by atoms with Crippen LogP contribution >= 0.6 is 0 Å². The van der Waals surface area contributed by atoms with Gasteiger partial charge in [0, 0.05) is 57.5 Å². The number of aliphatic imine (C=N–C) groups is 1. The normalized spacial score (nSPS) is 21.5. The molecule has 32 heavy (non-hydrogen) atoms. The molecule has 0 spiro atoms. The summed E-state index contributed by atoms with van der Waals surface area (Å²) in [5.74, 6) is 1.78. The molecule has 180 valence electrons. The average molecular weight is 446 g/mol. The van der Waals surface area contributed by atoms with Gasteiger partial charge in [-0.1, -0.05) is 19.1 Å². The van der Waals surface area contributed by atoms with E-state index in [1.807, 2.05) is 0 Å². The van der Waals surface area contributed by atoms with Crippen molar-refractivity contribution in [1.82, 2.24) is 20.4 Å². The van der Waals surface area contributed by atoms with Crippen LogP contribution in [0, 0.1) is 6.92 Å². The molecule has 7 nitrogen and oxygen atoms in total. The van der Waals surface area contributed by atoms with E-state index in [1.165, 1.54) is 5.56 Å². The second-order valence-corrected chi connectivity index (χ2v) is 8.95. The molecular formula is C25H43N5O2. The van der Waals surface area contributed by atoms with Gasteiger partial charge >= 0.3 is 0 Å². The fourth-order valence-corrected chi connectivity index (χ4v) is 4.29. The van der Waals surface area contributed by atoms with Gasteiger partial charge in [-0.3, -0.25) is 4.90 Å².